The molecule has 6 rings (SSSR count). The number of aromatic nitrogens is 1. The van der Waals surface area contributed by atoms with Crippen LogP contribution >= 0.6 is 0 Å². The number of aromatic amines is 1. The number of hydrogen-bond donors (Lipinski definition) is 1. The van der Waals surface area contributed by atoms with Crippen LogP contribution in [-0.2, 0) is 15.1 Å². The third-order valence-corrected chi connectivity index (χ3v) is 8.43. The molecule has 2 aromatic carbocycles. The van der Waals surface area contributed by atoms with Crippen LogP contribution in [0.1, 0.15) is 62.3 Å². The predicted molar refractivity (Wildman–Crippen MR) is 137 cm³/mol. The zero-order valence-corrected chi connectivity index (χ0v) is 21.2. The predicted octanol–water partition coefficient (Wildman–Crippen LogP) is 4.55. The Morgan fingerprint density at radius 3 is 2.61 bits per heavy atom. The molecule has 2 aliphatic heterocycles. The van der Waals surface area contributed by atoms with Gasteiger partial charge in [0.1, 0.15) is 6.54 Å². The van der Waals surface area contributed by atoms with E-state index in [1.165, 1.54) is 0 Å². The van der Waals surface area contributed by atoms with Crippen molar-refractivity contribution in [3.05, 3.63) is 59.3 Å². The summed E-state index contributed by atoms with van der Waals surface area (Å²) in [6, 6.07) is 14.2. The van der Waals surface area contributed by atoms with E-state index in [0.717, 1.165) is 53.4 Å². The van der Waals surface area contributed by atoms with Gasteiger partial charge < -0.3 is 24.3 Å². The normalized spacial score (nSPS) is 24.2. The molecule has 3 aromatic rings. The number of nitrogens with one attached hydrogen (secondary N) is 1. The maximum Gasteiger partial charge on any atom is 0.255 e. The maximum absolute atomic E-state index is 14.2. The van der Waals surface area contributed by atoms with Crippen molar-refractivity contribution in [2.75, 3.05) is 26.8 Å². The highest BCUT2D eigenvalue weighted by Crippen LogP contribution is 2.51. The number of ether oxygens (including phenoxy) is 2. The Labute approximate surface area is 211 Å². The van der Waals surface area contributed by atoms with E-state index >= 15 is 0 Å². The topological polar surface area (TPSA) is 74.9 Å². The molecule has 2 amide bonds. The van der Waals surface area contributed by atoms with Crippen molar-refractivity contribution in [2.24, 2.45) is 0 Å². The molecule has 2 atom stereocenters. The number of para-hydroxylation sites is 2. The average molecular weight is 488 g/mol. The first-order valence-electron chi connectivity index (χ1n) is 13.0. The molecule has 1 aliphatic carbocycles. The lowest BCUT2D eigenvalue weighted by molar-refractivity contribution is -0.168. The second kappa shape index (κ2) is 8.57. The molecule has 2 fully saturated rings. The van der Waals surface area contributed by atoms with E-state index < -0.39 is 5.54 Å². The van der Waals surface area contributed by atoms with Gasteiger partial charge >= 0.3 is 0 Å². The van der Waals surface area contributed by atoms with Gasteiger partial charge in [-0.2, -0.15) is 0 Å². The fourth-order valence-electron chi connectivity index (χ4n) is 6.69. The lowest BCUT2D eigenvalue weighted by Gasteiger charge is -2.52. The second-order valence-electron chi connectivity index (χ2n) is 10.3. The Morgan fingerprint density at radius 2 is 1.86 bits per heavy atom. The number of carbonyl (C=O) groups is 2. The summed E-state index contributed by atoms with van der Waals surface area (Å²) in [6.07, 6.45) is 4.16. The van der Waals surface area contributed by atoms with E-state index in [1.807, 2.05) is 55.1 Å². The van der Waals surface area contributed by atoms with Crippen LogP contribution in [0.2, 0.25) is 0 Å². The first-order chi connectivity index (χ1) is 17.5. The zero-order chi connectivity index (χ0) is 25.0. The summed E-state index contributed by atoms with van der Waals surface area (Å²) in [5.41, 5.74) is 2.73. The van der Waals surface area contributed by atoms with E-state index in [1.54, 1.807) is 12.0 Å². The van der Waals surface area contributed by atoms with Crippen molar-refractivity contribution in [1.82, 2.24) is 14.8 Å². The molecular weight excluding hydrogens is 454 g/mol. The molecule has 7 nitrogen and oxygen atoms in total. The maximum atomic E-state index is 14.2. The van der Waals surface area contributed by atoms with Crippen LogP contribution in [0.5, 0.6) is 11.5 Å². The van der Waals surface area contributed by atoms with Gasteiger partial charge in [-0.1, -0.05) is 43.2 Å². The first-order valence-corrected chi connectivity index (χ1v) is 13.0. The monoisotopic (exact) mass is 487 g/mol. The fraction of sp³-hybridized carbons (Fsp3) is 0.448. The number of benzene rings is 2. The quantitative estimate of drug-likeness (QED) is 0.573. The van der Waals surface area contributed by atoms with Crippen molar-refractivity contribution in [1.29, 1.82) is 0 Å². The number of H-pyrrole nitrogens is 1. The van der Waals surface area contributed by atoms with E-state index in [0.29, 0.717) is 24.7 Å². The van der Waals surface area contributed by atoms with Gasteiger partial charge in [0.25, 0.3) is 5.91 Å². The van der Waals surface area contributed by atoms with Crippen molar-refractivity contribution < 1.29 is 19.1 Å². The van der Waals surface area contributed by atoms with E-state index in [-0.39, 0.29) is 30.3 Å². The number of nitrogens with zero attached hydrogens (tertiary/aromatic N) is 2. The lowest BCUT2D eigenvalue weighted by atomic mass is 9.76. The van der Waals surface area contributed by atoms with Crippen LogP contribution < -0.4 is 9.47 Å². The fourth-order valence-corrected chi connectivity index (χ4v) is 6.69. The Bertz CT molecular complexity index is 1340. The number of methoxy groups -OCH3 is 1. The summed E-state index contributed by atoms with van der Waals surface area (Å²) in [5.74, 6) is 1.21. The van der Waals surface area contributed by atoms with Crippen molar-refractivity contribution in [3.8, 4) is 11.5 Å². The van der Waals surface area contributed by atoms with Gasteiger partial charge in [0, 0.05) is 35.0 Å². The molecule has 7 heteroatoms. The van der Waals surface area contributed by atoms with Gasteiger partial charge in [-0.15, -0.1) is 0 Å². The van der Waals surface area contributed by atoms with E-state index in [2.05, 4.69) is 11.1 Å². The summed E-state index contributed by atoms with van der Waals surface area (Å²) in [5, 5.41) is 1.07. The lowest BCUT2D eigenvalue weighted by Crippen LogP contribution is -2.68. The van der Waals surface area contributed by atoms with Gasteiger partial charge in [-0.05, 0) is 44.4 Å². The Hall–Kier alpha value is -3.48. The third-order valence-electron chi connectivity index (χ3n) is 8.43. The highest BCUT2D eigenvalue weighted by Gasteiger charge is 2.57. The molecule has 1 saturated heterocycles. The molecule has 3 aliphatic rings. The van der Waals surface area contributed by atoms with E-state index in [4.69, 9.17) is 9.47 Å². The summed E-state index contributed by atoms with van der Waals surface area (Å²) in [4.78, 5) is 35.2. The van der Waals surface area contributed by atoms with Crippen LogP contribution in [0, 0.1) is 0 Å². The minimum atomic E-state index is -1.08. The minimum absolute atomic E-state index is 0.000776. The Balaban J connectivity index is 1.57. The van der Waals surface area contributed by atoms with Gasteiger partial charge in [0.05, 0.1) is 19.4 Å². The molecular formula is C29H33N3O4. The van der Waals surface area contributed by atoms with E-state index in [9.17, 15) is 9.59 Å². The number of amides is 2. The summed E-state index contributed by atoms with van der Waals surface area (Å²) in [6.45, 7) is 4.93. The summed E-state index contributed by atoms with van der Waals surface area (Å²) in [7, 11) is 1.64. The molecule has 1 aromatic heterocycles. The smallest absolute Gasteiger partial charge is 0.255 e. The average Bonchev–Trinajstić information content (AvgIpc) is 3.56. The molecule has 0 spiro atoms. The highest BCUT2D eigenvalue weighted by atomic mass is 16.5. The standard InChI is InChI=1S/C29H33N3O4/c1-4-36-26-19(13-9-15-23(26)35-3)21-16-32-24(33)17-31(18-10-5-6-11-18)28(34)29(32,2)27-25(21)20-12-7-8-14-22(20)30-27/h7-9,12-15,18,21,30H,4-6,10-11,16-17H2,1-3H3/t21?,29-/m0/s1. The number of rotatable bonds is 5. The summed E-state index contributed by atoms with van der Waals surface area (Å²) < 4.78 is 11.7. The SMILES string of the molecule is CCOc1c(OC)cccc1C1CN2C(=O)CN(C3CCCC3)C(=O)[C@]2(C)c2[nH]c3ccccc3c21. The van der Waals surface area contributed by atoms with Crippen molar-refractivity contribution >= 4 is 22.7 Å². The van der Waals surface area contributed by atoms with Crippen molar-refractivity contribution in [2.45, 2.75) is 57.0 Å². The van der Waals surface area contributed by atoms with Crippen LogP contribution in [0.4, 0.5) is 0 Å². The van der Waals surface area contributed by atoms with Gasteiger partial charge in [0.2, 0.25) is 5.91 Å². The largest absolute Gasteiger partial charge is 0.493 e. The Morgan fingerprint density at radius 1 is 1.08 bits per heavy atom. The molecule has 36 heavy (non-hydrogen) atoms. The molecule has 1 unspecified atom stereocenters. The van der Waals surface area contributed by atoms with Crippen molar-refractivity contribution in [3.63, 3.8) is 0 Å². The second-order valence-corrected chi connectivity index (χ2v) is 10.3. The number of hydrogen-bond acceptors (Lipinski definition) is 4. The number of piperazine rings is 1. The van der Waals surface area contributed by atoms with Gasteiger partial charge in [-0.25, -0.2) is 0 Å². The third kappa shape index (κ3) is 3.18. The summed E-state index contributed by atoms with van der Waals surface area (Å²) >= 11 is 0. The van der Waals surface area contributed by atoms with Crippen LogP contribution in [0.25, 0.3) is 10.9 Å². The molecule has 188 valence electrons. The molecule has 0 bridgehead atoms. The highest BCUT2D eigenvalue weighted by molar-refractivity contribution is 6.01. The van der Waals surface area contributed by atoms with Crippen LogP contribution in [0.15, 0.2) is 42.5 Å². The molecule has 1 N–H and O–H groups in total. The van der Waals surface area contributed by atoms with Gasteiger partial charge in [0.15, 0.2) is 17.0 Å². The molecule has 3 heterocycles. The van der Waals surface area contributed by atoms with Gasteiger partial charge in [-0.3, -0.25) is 9.59 Å². The first kappa shape index (κ1) is 23.0. The van der Waals surface area contributed by atoms with Crippen LogP contribution in [-0.4, -0.2) is 59.4 Å². The minimum Gasteiger partial charge on any atom is -0.493 e. The molecule has 0 radical (unpaired) electrons. The number of carbonyl (C=O) groups excluding carboxylic acids is 2. The number of fused-ring (bicyclic) bond motifs is 5. The van der Waals surface area contributed by atoms with Crippen LogP contribution in [0.3, 0.4) is 0 Å². The Kier molecular flexibility index (Phi) is 5.47. The molecule has 1 saturated carbocycles. The zero-order valence-electron chi connectivity index (χ0n) is 21.2.